The van der Waals surface area contributed by atoms with Gasteiger partial charge in [-0.3, -0.25) is 4.79 Å². The van der Waals surface area contributed by atoms with E-state index >= 15 is 0 Å². The Hall–Kier alpha value is -0.370. The van der Waals surface area contributed by atoms with Gasteiger partial charge in [-0.2, -0.15) is 0 Å². The zero-order valence-corrected chi connectivity index (χ0v) is 8.17. The Morgan fingerprint density at radius 2 is 2.08 bits per heavy atom. The van der Waals surface area contributed by atoms with E-state index < -0.39 is 0 Å². The number of methoxy groups -OCH3 is 1. The molecule has 0 N–H and O–H groups in total. The van der Waals surface area contributed by atoms with Crippen LogP contribution in [-0.2, 0) is 9.53 Å². The Kier molecular flexibility index (Phi) is 3.27. The van der Waals surface area contributed by atoms with Crippen LogP contribution >= 0.6 is 0 Å². The molecule has 2 atom stereocenters. The predicted molar refractivity (Wildman–Crippen MR) is 48.0 cm³/mol. The quantitative estimate of drug-likeness (QED) is 0.633. The van der Waals surface area contributed by atoms with Gasteiger partial charge in [-0.25, -0.2) is 0 Å². The molecular weight excluding hydrogens is 152 g/mol. The van der Waals surface area contributed by atoms with Crippen molar-refractivity contribution in [2.75, 3.05) is 7.11 Å². The molecule has 1 fully saturated rings. The third-order valence-corrected chi connectivity index (χ3v) is 2.85. The van der Waals surface area contributed by atoms with Crippen LogP contribution in [0.25, 0.3) is 0 Å². The second-order valence-corrected chi connectivity index (χ2v) is 3.98. The molecule has 0 bridgehead atoms. The molecule has 2 unspecified atom stereocenters. The Labute approximate surface area is 74.3 Å². The van der Waals surface area contributed by atoms with Gasteiger partial charge in [0, 0.05) is 13.5 Å². The molecule has 0 aromatic rings. The van der Waals surface area contributed by atoms with E-state index in [4.69, 9.17) is 4.74 Å². The molecule has 0 saturated heterocycles. The van der Waals surface area contributed by atoms with Crippen LogP contribution in [0.3, 0.4) is 0 Å². The summed E-state index contributed by atoms with van der Waals surface area (Å²) in [5.74, 6) is 1.51. The highest BCUT2D eigenvalue weighted by atomic mass is 16.5. The van der Waals surface area contributed by atoms with Crippen LogP contribution in [0.2, 0.25) is 0 Å². The highest BCUT2D eigenvalue weighted by molar-refractivity contribution is 5.84. The van der Waals surface area contributed by atoms with Gasteiger partial charge in [0.1, 0.15) is 6.10 Å². The van der Waals surface area contributed by atoms with E-state index in [2.05, 4.69) is 13.8 Å². The van der Waals surface area contributed by atoms with Gasteiger partial charge < -0.3 is 4.74 Å². The molecule has 0 aromatic carbocycles. The van der Waals surface area contributed by atoms with Gasteiger partial charge in [-0.1, -0.05) is 13.8 Å². The van der Waals surface area contributed by atoms with Crippen molar-refractivity contribution in [2.45, 2.75) is 39.2 Å². The molecule has 0 heterocycles. The third-order valence-electron chi connectivity index (χ3n) is 2.85. The fourth-order valence-electron chi connectivity index (χ4n) is 1.84. The van der Waals surface area contributed by atoms with Gasteiger partial charge in [0.25, 0.3) is 0 Å². The van der Waals surface area contributed by atoms with Crippen molar-refractivity contribution in [3.05, 3.63) is 0 Å². The summed E-state index contributed by atoms with van der Waals surface area (Å²) in [6.07, 6.45) is 2.66. The molecule has 0 aromatic heterocycles. The van der Waals surface area contributed by atoms with Gasteiger partial charge in [-0.05, 0) is 24.7 Å². The number of Topliss-reactive ketones (excluding diaryl/α,β-unsaturated/α-hetero) is 1. The molecule has 2 heteroatoms. The highest BCUT2D eigenvalue weighted by Gasteiger charge is 2.29. The molecule has 70 valence electrons. The predicted octanol–water partition coefficient (Wildman–Crippen LogP) is 2.03. The van der Waals surface area contributed by atoms with Crippen molar-refractivity contribution < 1.29 is 9.53 Å². The second-order valence-electron chi connectivity index (χ2n) is 3.98. The molecule has 0 radical (unpaired) electrons. The van der Waals surface area contributed by atoms with E-state index in [0.29, 0.717) is 17.6 Å². The zero-order valence-electron chi connectivity index (χ0n) is 8.17. The maximum Gasteiger partial charge on any atom is 0.161 e. The largest absolute Gasteiger partial charge is 0.374 e. The number of carbonyl (C=O) groups excluding carboxylic acids is 1. The molecule has 0 amide bonds. The maximum absolute atomic E-state index is 11.4. The number of rotatable bonds is 2. The van der Waals surface area contributed by atoms with Crippen LogP contribution in [-0.4, -0.2) is 19.0 Å². The first-order valence-corrected chi connectivity index (χ1v) is 4.70. The Bertz CT molecular complexity index is 163. The van der Waals surface area contributed by atoms with Crippen molar-refractivity contribution in [1.82, 2.24) is 0 Å². The average molecular weight is 170 g/mol. The lowest BCUT2D eigenvalue weighted by atomic mass is 9.80. The van der Waals surface area contributed by atoms with Gasteiger partial charge in [0.15, 0.2) is 5.78 Å². The minimum Gasteiger partial charge on any atom is -0.374 e. The molecule has 1 rings (SSSR count). The number of carbonyl (C=O) groups is 1. The number of hydrogen-bond acceptors (Lipinski definition) is 2. The summed E-state index contributed by atoms with van der Waals surface area (Å²) >= 11 is 0. The van der Waals surface area contributed by atoms with Crippen LogP contribution in [0, 0.1) is 11.8 Å². The van der Waals surface area contributed by atoms with Crippen molar-refractivity contribution >= 4 is 5.78 Å². The Balaban J connectivity index is 2.46. The van der Waals surface area contributed by atoms with Crippen molar-refractivity contribution in [1.29, 1.82) is 0 Å². The summed E-state index contributed by atoms with van der Waals surface area (Å²) in [5.41, 5.74) is 0. The van der Waals surface area contributed by atoms with E-state index in [1.54, 1.807) is 7.11 Å². The minimum atomic E-state index is -0.111. The Morgan fingerprint density at radius 1 is 1.42 bits per heavy atom. The SMILES string of the molecule is COC1CCC(C(C)C)CC1=O. The molecule has 1 saturated carbocycles. The van der Waals surface area contributed by atoms with E-state index in [1.165, 1.54) is 0 Å². The fraction of sp³-hybridized carbons (Fsp3) is 0.900. The average Bonchev–Trinajstić information content (AvgIpc) is 2.04. The van der Waals surface area contributed by atoms with Crippen molar-refractivity contribution in [3.63, 3.8) is 0 Å². The summed E-state index contributed by atoms with van der Waals surface area (Å²) in [5, 5.41) is 0. The van der Waals surface area contributed by atoms with Gasteiger partial charge >= 0.3 is 0 Å². The van der Waals surface area contributed by atoms with Gasteiger partial charge in [-0.15, -0.1) is 0 Å². The lowest BCUT2D eigenvalue weighted by molar-refractivity contribution is -0.133. The first kappa shape index (κ1) is 9.72. The van der Waals surface area contributed by atoms with Gasteiger partial charge in [0.2, 0.25) is 0 Å². The maximum atomic E-state index is 11.4. The molecule has 2 nitrogen and oxygen atoms in total. The Morgan fingerprint density at radius 3 is 2.50 bits per heavy atom. The standard InChI is InChI=1S/C10H18O2/c1-7(2)8-4-5-10(12-3)9(11)6-8/h7-8,10H,4-6H2,1-3H3. The summed E-state index contributed by atoms with van der Waals surface area (Å²) < 4.78 is 5.08. The number of hydrogen-bond donors (Lipinski definition) is 0. The van der Waals surface area contributed by atoms with Crippen LogP contribution < -0.4 is 0 Å². The molecule has 0 spiro atoms. The monoisotopic (exact) mass is 170 g/mol. The minimum absolute atomic E-state index is 0.111. The summed E-state index contributed by atoms with van der Waals surface area (Å²) in [6, 6.07) is 0. The lowest BCUT2D eigenvalue weighted by Gasteiger charge is -2.28. The normalized spacial score (nSPS) is 31.2. The van der Waals surface area contributed by atoms with Gasteiger partial charge in [0.05, 0.1) is 0 Å². The third kappa shape index (κ3) is 2.07. The number of ketones is 1. The van der Waals surface area contributed by atoms with Crippen LogP contribution in [0.5, 0.6) is 0 Å². The van der Waals surface area contributed by atoms with E-state index in [0.717, 1.165) is 19.3 Å². The molecular formula is C10H18O2. The highest BCUT2D eigenvalue weighted by Crippen LogP contribution is 2.28. The lowest BCUT2D eigenvalue weighted by Crippen LogP contribution is -2.32. The van der Waals surface area contributed by atoms with E-state index in [9.17, 15) is 4.79 Å². The molecule has 1 aliphatic rings. The number of ether oxygens (including phenoxy) is 1. The van der Waals surface area contributed by atoms with Crippen molar-refractivity contribution in [3.8, 4) is 0 Å². The molecule has 0 aliphatic heterocycles. The first-order chi connectivity index (χ1) is 5.65. The summed E-state index contributed by atoms with van der Waals surface area (Å²) in [4.78, 5) is 11.4. The summed E-state index contributed by atoms with van der Waals surface area (Å²) in [6.45, 7) is 4.37. The molecule has 12 heavy (non-hydrogen) atoms. The zero-order chi connectivity index (χ0) is 9.14. The summed E-state index contributed by atoms with van der Waals surface area (Å²) in [7, 11) is 1.62. The van der Waals surface area contributed by atoms with E-state index in [-0.39, 0.29) is 6.10 Å². The first-order valence-electron chi connectivity index (χ1n) is 4.70. The fourth-order valence-corrected chi connectivity index (χ4v) is 1.84. The van der Waals surface area contributed by atoms with Crippen molar-refractivity contribution in [2.24, 2.45) is 11.8 Å². The second kappa shape index (κ2) is 4.04. The topological polar surface area (TPSA) is 26.3 Å². The van der Waals surface area contributed by atoms with Crippen LogP contribution in [0.1, 0.15) is 33.1 Å². The smallest absolute Gasteiger partial charge is 0.161 e. The van der Waals surface area contributed by atoms with Crippen LogP contribution in [0.15, 0.2) is 0 Å². The van der Waals surface area contributed by atoms with E-state index in [1.807, 2.05) is 0 Å². The van der Waals surface area contributed by atoms with Crippen LogP contribution in [0.4, 0.5) is 0 Å². The molecule has 1 aliphatic carbocycles.